The molecule has 2 aromatic rings. The molecule has 17 heavy (non-hydrogen) atoms. The molecule has 0 aliphatic carbocycles. The van der Waals surface area contributed by atoms with E-state index in [4.69, 9.17) is 11.6 Å². The SMILES string of the molecule is Oc1cccn2c(C3CCCNC3)nc(Cl)c12. The number of piperidine rings is 1. The van der Waals surface area contributed by atoms with Gasteiger partial charge in [-0.15, -0.1) is 0 Å². The Kier molecular flexibility index (Phi) is 2.68. The maximum atomic E-state index is 9.80. The van der Waals surface area contributed by atoms with Gasteiger partial charge >= 0.3 is 0 Å². The summed E-state index contributed by atoms with van der Waals surface area (Å²) in [5.74, 6) is 1.48. The summed E-state index contributed by atoms with van der Waals surface area (Å²) in [4.78, 5) is 4.40. The lowest BCUT2D eigenvalue weighted by Crippen LogP contribution is -2.29. The number of pyridine rings is 1. The van der Waals surface area contributed by atoms with Crippen molar-refractivity contribution in [3.05, 3.63) is 29.3 Å². The van der Waals surface area contributed by atoms with Crippen LogP contribution in [0.25, 0.3) is 5.52 Å². The van der Waals surface area contributed by atoms with Gasteiger partial charge in [0.25, 0.3) is 0 Å². The summed E-state index contributed by atoms with van der Waals surface area (Å²) in [6, 6.07) is 3.44. The van der Waals surface area contributed by atoms with E-state index in [1.807, 2.05) is 10.6 Å². The molecule has 0 radical (unpaired) electrons. The lowest BCUT2D eigenvalue weighted by atomic mass is 9.99. The molecule has 0 spiro atoms. The molecular formula is C12H14ClN3O. The molecule has 3 rings (SSSR count). The number of aromatic nitrogens is 2. The molecule has 1 atom stereocenters. The highest BCUT2D eigenvalue weighted by molar-refractivity contribution is 6.33. The summed E-state index contributed by atoms with van der Waals surface area (Å²) >= 11 is 6.09. The third-order valence-electron chi connectivity index (χ3n) is 3.29. The number of aromatic hydroxyl groups is 1. The van der Waals surface area contributed by atoms with Crippen LogP contribution in [-0.2, 0) is 0 Å². The van der Waals surface area contributed by atoms with Crippen LogP contribution in [0, 0.1) is 0 Å². The van der Waals surface area contributed by atoms with Gasteiger partial charge in [-0.25, -0.2) is 4.98 Å². The first kappa shape index (κ1) is 10.9. The maximum Gasteiger partial charge on any atom is 0.158 e. The fraction of sp³-hybridized carbons (Fsp3) is 0.417. The van der Waals surface area contributed by atoms with Gasteiger partial charge in [0.2, 0.25) is 0 Å². The molecule has 2 N–H and O–H groups in total. The summed E-state index contributed by atoms with van der Waals surface area (Å²) in [6.07, 6.45) is 4.16. The van der Waals surface area contributed by atoms with E-state index in [0.29, 0.717) is 16.6 Å². The van der Waals surface area contributed by atoms with E-state index in [1.54, 1.807) is 12.1 Å². The van der Waals surface area contributed by atoms with Crippen molar-refractivity contribution in [1.29, 1.82) is 0 Å². The number of fused-ring (bicyclic) bond motifs is 1. The Balaban J connectivity index is 2.13. The van der Waals surface area contributed by atoms with Gasteiger partial charge in [-0.1, -0.05) is 11.6 Å². The van der Waals surface area contributed by atoms with E-state index >= 15 is 0 Å². The standard InChI is InChI=1S/C12H14ClN3O/c13-11-10-9(17)4-2-6-16(10)12(15-11)8-3-1-5-14-7-8/h2,4,6,8,14,17H,1,3,5,7H2. The zero-order valence-corrected chi connectivity index (χ0v) is 10.1. The van der Waals surface area contributed by atoms with Crippen molar-refractivity contribution in [2.45, 2.75) is 18.8 Å². The van der Waals surface area contributed by atoms with Crippen LogP contribution in [0.1, 0.15) is 24.6 Å². The highest BCUT2D eigenvalue weighted by Gasteiger charge is 2.22. The monoisotopic (exact) mass is 251 g/mol. The minimum absolute atomic E-state index is 0.181. The molecule has 1 fully saturated rings. The number of hydrogen-bond acceptors (Lipinski definition) is 3. The van der Waals surface area contributed by atoms with Gasteiger partial charge in [0.15, 0.2) is 5.15 Å². The van der Waals surface area contributed by atoms with Crippen molar-refractivity contribution < 1.29 is 5.11 Å². The van der Waals surface area contributed by atoms with Crippen LogP contribution in [0.2, 0.25) is 5.15 Å². The van der Waals surface area contributed by atoms with Crippen molar-refractivity contribution >= 4 is 17.1 Å². The summed E-state index contributed by atoms with van der Waals surface area (Å²) < 4.78 is 1.90. The number of halogens is 1. The van der Waals surface area contributed by atoms with E-state index in [0.717, 1.165) is 31.8 Å². The van der Waals surface area contributed by atoms with Crippen LogP contribution >= 0.6 is 11.6 Å². The molecule has 3 heterocycles. The molecule has 4 nitrogen and oxygen atoms in total. The average Bonchev–Trinajstić information content (AvgIpc) is 2.69. The van der Waals surface area contributed by atoms with Gasteiger partial charge in [0.05, 0.1) is 0 Å². The second-order valence-corrected chi connectivity index (χ2v) is 4.77. The van der Waals surface area contributed by atoms with Crippen molar-refractivity contribution in [3.8, 4) is 5.75 Å². The van der Waals surface area contributed by atoms with E-state index in [9.17, 15) is 5.11 Å². The molecule has 0 aromatic carbocycles. The Hall–Kier alpha value is -1.26. The van der Waals surface area contributed by atoms with Crippen LogP contribution in [-0.4, -0.2) is 27.6 Å². The largest absolute Gasteiger partial charge is 0.506 e. The minimum Gasteiger partial charge on any atom is -0.506 e. The fourth-order valence-electron chi connectivity index (χ4n) is 2.46. The van der Waals surface area contributed by atoms with Crippen LogP contribution in [0.3, 0.4) is 0 Å². The molecule has 90 valence electrons. The Morgan fingerprint density at radius 3 is 3.18 bits per heavy atom. The zero-order valence-electron chi connectivity index (χ0n) is 9.36. The molecule has 1 aliphatic heterocycles. The van der Waals surface area contributed by atoms with Crippen molar-refractivity contribution in [2.24, 2.45) is 0 Å². The first-order chi connectivity index (χ1) is 8.27. The van der Waals surface area contributed by atoms with Crippen LogP contribution in [0.15, 0.2) is 18.3 Å². The Bertz CT molecular complexity index is 546. The summed E-state index contributed by atoms with van der Waals surface area (Å²) in [7, 11) is 0. The van der Waals surface area contributed by atoms with Gasteiger partial charge in [-0.05, 0) is 31.5 Å². The van der Waals surface area contributed by atoms with E-state index in [1.165, 1.54) is 0 Å². The topological polar surface area (TPSA) is 49.6 Å². The molecular weight excluding hydrogens is 238 g/mol. The quantitative estimate of drug-likeness (QED) is 0.817. The molecule has 0 amide bonds. The van der Waals surface area contributed by atoms with Crippen LogP contribution < -0.4 is 5.32 Å². The predicted octanol–water partition coefficient (Wildman–Crippen LogP) is 2.16. The average molecular weight is 252 g/mol. The molecule has 2 aromatic heterocycles. The second-order valence-electron chi connectivity index (χ2n) is 4.42. The second kappa shape index (κ2) is 4.20. The van der Waals surface area contributed by atoms with Gasteiger partial charge < -0.3 is 10.4 Å². The summed E-state index contributed by atoms with van der Waals surface area (Å²) in [5.41, 5.74) is 0.606. The molecule has 1 unspecified atom stereocenters. The first-order valence-electron chi connectivity index (χ1n) is 5.83. The number of rotatable bonds is 1. The molecule has 0 bridgehead atoms. The van der Waals surface area contributed by atoms with Gasteiger partial charge in [-0.3, -0.25) is 4.40 Å². The maximum absolute atomic E-state index is 9.80. The Morgan fingerprint density at radius 2 is 2.41 bits per heavy atom. The number of nitrogens with zero attached hydrogens (tertiary/aromatic N) is 2. The minimum atomic E-state index is 0.181. The summed E-state index contributed by atoms with van der Waals surface area (Å²) in [6.45, 7) is 1.99. The highest BCUT2D eigenvalue weighted by Crippen LogP contribution is 2.31. The smallest absolute Gasteiger partial charge is 0.158 e. The predicted molar refractivity (Wildman–Crippen MR) is 66.7 cm³/mol. The molecule has 1 aliphatic rings. The molecule has 1 saturated heterocycles. The third-order valence-corrected chi connectivity index (χ3v) is 3.55. The first-order valence-corrected chi connectivity index (χ1v) is 6.21. The summed E-state index contributed by atoms with van der Waals surface area (Å²) in [5, 5.41) is 13.5. The highest BCUT2D eigenvalue weighted by atomic mass is 35.5. The van der Waals surface area contributed by atoms with E-state index in [-0.39, 0.29) is 5.75 Å². The zero-order chi connectivity index (χ0) is 11.8. The van der Waals surface area contributed by atoms with Crippen molar-refractivity contribution in [2.75, 3.05) is 13.1 Å². The van der Waals surface area contributed by atoms with Crippen molar-refractivity contribution in [3.63, 3.8) is 0 Å². The normalized spacial score (nSPS) is 20.9. The van der Waals surface area contributed by atoms with Crippen LogP contribution in [0.4, 0.5) is 0 Å². The van der Waals surface area contributed by atoms with E-state index in [2.05, 4.69) is 10.3 Å². The van der Waals surface area contributed by atoms with Gasteiger partial charge in [-0.2, -0.15) is 0 Å². The van der Waals surface area contributed by atoms with Crippen molar-refractivity contribution in [1.82, 2.24) is 14.7 Å². The molecule has 5 heteroatoms. The van der Waals surface area contributed by atoms with E-state index < -0.39 is 0 Å². The third kappa shape index (κ3) is 1.77. The number of hydrogen-bond donors (Lipinski definition) is 2. The van der Waals surface area contributed by atoms with Crippen LogP contribution in [0.5, 0.6) is 5.75 Å². The van der Waals surface area contributed by atoms with Gasteiger partial charge in [0, 0.05) is 18.7 Å². The number of imidazole rings is 1. The lowest BCUT2D eigenvalue weighted by molar-refractivity contribution is 0.444. The lowest BCUT2D eigenvalue weighted by Gasteiger charge is -2.21. The van der Waals surface area contributed by atoms with Gasteiger partial charge in [0.1, 0.15) is 17.1 Å². The molecule has 0 saturated carbocycles. The Labute approximate surface area is 104 Å². The fourth-order valence-corrected chi connectivity index (χ4v) is 2.74. The number of nitrogens with one attached hydrogen (secondary N) is 1. The Morgan fingerprint density at radius 1 is 1.53 bits per heavy atom.